The van der Waals surface area contributed by atoms with E-state index in [1.165, 1.54) is 6.26 Å². The van der Waals surface area contributed by atoms with E-state index in [1.54, 1.807) is 13.3 Å². The van der Waals surface area contributed by atoms with Gasteiger partial charge < -0.3 is 15.1 Å². The van der Waals surface area contributed by atoms with Gasteiger partial charge in [-0.25, -0.2) is 8.42 Å². The van der Waals surface area contributed by atoms with Crippen LogP contribution in [0.1, 0.15) is 16.9 Å². The first-order valence-corrected chi connectivity index (χ1v) is 9.25. The Hall–Kier alpha value is -2.28. The average molecular weight is 335 g/mol. The summed E-state index contributed by atoms with van der Waals surface area (Å²) in [5, 5.41) is 6.35. The largest absolute Gasteiger partial charge is 0.467 e. The number of rotatable bonds is 6. The quantitative estimate of drug-likeness (QED) is 0.620. The fourth-order valence-corrected chi connectivity index (χ4v) is 2.84. The summed E-state index contributed by atoms with van der Waals surface area (Å²) in [5.74, 6) is 1.56. The minimum atomic E-state index is -3.00. The maximum Gasteiger partial charge on any atom is 0.191 e. The van der Waals surface area contributed by atoms with Crippen LogP contribution in [0, 0.1) is 0 Å². The highest BCUT2D eigenvalue weighted by Gasteiger charge is 2.05. The fraction of sp³-hybridized carbons (Fsp3) is 0.312. The highest BCUT2D eigenvalue weighted by Crippen LogP contribution is 2.07. The molecule has 23 heavy (non-hydrogen) atoms. The molecule has 0 aliphatic carbocycles. The molecule has 2 N–H and O–H groups in total. The monoisotopic (exact) mass is 335 g/mol. The predicted molar refractivity (Wildman–Crippen MR) is 90.7 cm³/mol. The fourth-order valence-electron chi connectivity index (χ4n) is 2.05. The van der Waals surface area contributed by atoms with Crippen molar-refractivity contribution >= 4 is 15.8 Å². The second-order valence-corrected chi connectivity index (χ2v) is 7.39. The van der Waals surface area contributed by atoms with Crippen LogP contribution >= 0.6 is 0 Å². The molecule has 2 aromatic rings. The topological polar surface area (TPSA) is 83.7 Å². The molecule has 0 amide bonds. The Morgan fingerprint density at radius 1 is 1.09 bits per heavy atom. The molecule has 0 saturated heterocycles. The van der Waals surface area contributed by atoms with Crippen LogP contribution in [0.4, 0.5) is 0 Å². The predicted octanol–water partition coefficient (Wildman–Crippen LogP) is 1.69. The first kappa shape index (κ1) is 17.1. The van der Waals surface area contributed by atoms with Crippen molar-refractivity contribution in [3.05, 3.63) is 59.5 Å². The maximum atomic E-state index is 11.3. The lowest BCUT2D eigenvalue weighted by Crippen LogP contribution is -2.36. The van der Waals surface area contributed by atoms with Crippen LogP contribution in [-0.4, -0.2) is 27.7 Å². The summed E-state index contributed by atoms with van der Waals surface area (Å²) in [4.78, 5) is 4.14. The minimum Gasteiger partial charge on any atom is -0.467 e. The Bertz CT molecular complexity index is 735. The molecule has 1 heterocycles. The number of nitrogens with one attached hydrogen (secondary N) is 2. The first-order valence-electron chi connectivity index (χ1n) is 7.19. The third-order valence-corrected chi connectivity index (χ3v) is 4.00. The van der Waals surface area contributed by atoms with Gasteiger partial charge in [0.1, 0.15) is 5.76 Å². The second kappa shape index (κ2) is 7.82. The van der Waals surface area contributed by atoms with E-state index in [1.807, 2.05) is 36.4 Å². The zero-order valence-corrected chi connectivity index (χ0v) is 14.1. The summed E-state index contributed by atoms with van der Waals surface area (Å²) in [7, 11) is -1.30. The molecule has 0 aliphatic heterocycles. The smallest absolute Gasteiger partial charge is 0.191 e. The average Bonchev–Trinajstić information content (AvgIpc) is 3.01. The molecule has 7 heteroatoms. The molecule has 0 bridgehead atoms. The van der Waals surface area contributed by atoms with Gasteiger partial charge >= 0.3 is 0 Å². The molecule has 6 nitrogen and oxygen atoms in total. The summed E-state index contributed by atoms with van der Waals surface area (Å²) in [6.45, 7) is 1.15. The third-order valence-electron chi connectivity index (χ3n) is 3.15. The highest BCUT2D eigenvalue weighted by molar-refractivity contribution is 7.89. The molecule has 1 aromatic carbocycles. The molecule has 0 aliphatic rings. The number of sulfone groups is 1. The number of guanidine groups is 1. The van der Waals surface area contributed by atoms with Crippen molar-refractivity contribution in [2.75, 3.05) is 13.3 Å². The van der Waals surface area contributed by atoms with Gasteiger partial charge in [-0.2, -0.15) is 0 Å². The molecule has 124 valence electrons. The molecule has 1 aromatic heterocycles. The Morgan fingerprint density at radius 2 is 1.74 bits per heavy atom. The normalized spacial score (nSPS) is 12.2. The lowest BCUT2D eigenvalue weighted by atomic mass is 10.1. The summed E-state index contributed by atoms with van der Waals surface area (Å²) >= 11 is 0. The molecule has 0 atom stereocenters. The molecule has 0 saturated carbocycles. The summed E-state index contributed by atoms with van der Waals surface area (Å²) in [6.07, 6.45) is 2.86. The highest BCUT2D eigenvalue weighted by atomic mass is 32.2. The summed E-state index contributed by atoms with van der Waals surface area (Å²) in [5.41, 5.74) is 1.83. The van der Waals surface area contributed by atoms with Gasteiger partial charge in [0.05, 0.1) is 18.6 Å². The van der Waals surface area contributed by atoms with Gasteiger partial charge in [-0.3, -0.25) is 4.99 Å². The van der Waals surface area contributed by atoms with Crippen LogP contribution in [-0.2, 0) is 28.7 Å². The summed E-state index contributed by atoms with van der Waals surface area (Å²) < 4.78 is 27.8. The van der Waals surface area contributed by atoms with E-state index in [2.05, 4.69) is 15.6 Å². The van der Waals surface area contributed by atoms with Gasteiger partial charge in [-0.1, -0.05) is 24.3 Å². The molecule has 0 unspecified atom stereocenters. The van der Waals surface area contributed by atoms with Gasteiger partial charge in [0.15, 0.2) is 15.8 Å². The van der Waals surface area contributed by atoms with Crippen LogP contribution in [0.25, 0.3) is 0 Å². The van der Waals surface area contributed by atoms with Crippen molar-refractivity contribution in [2.45, 2.75) is 18.8 Å². The van der Waals surface area contributed by atoms with E-state index >= 15 is 0 Å². The second-order valence-electron chi connectivity index (χ2n) is 5.25. The number of hydrogen-bond donors (Lipinski definition) is 2. The maximum absolute atomic E-state index is 11.3. The van der Waals surface area contributed by atoms with E-state index in [9.17, 15) is 8.42 Å². The Morgan fingerprint density at radius 3 is 2.30 bits per heavy atom. The number of nitrogens with zero attached hydrogens (tertiary/aromatic N) is 1. The van der Waals surface area contributed by atoms with Crippen molar-refractivity contribution < 1.29 is 12.8 Å². The van der Waals surface area contributed by atoms with E-state index in [-0.39, 0.29) is 5.75 Å². The zero-order chi connectivity index (χ0) is 16.7. The van der Waals surface area contributed by atoms with Crippen molar-refractivity contribution in [1.82, 2.24) is 10.6 Å². The molecular weight excluding hydrogens is 314 g/mol. The lowest BCUT2D eigenvalue weighted by molar-refractivity contribution is 0.501. The van der Waals surface area contributed by atoms with Crippen LogP contribution in [0.15, 0.2) is 52.1 Å². The summed E-state index contributed by atoms with van der Waals surface area (Å²) in [6, 6.07) is 11.2. The number of hydrogen-bond acceptors (Lipinski definition) is 4. The zero-order valence-electron chi connectivity index (χ0n) is 13.2. The molecule has 0 radical (unpaired) electrons. The Kier molecular flexibility index (Phi) is 5.81. The Balaban J connectivity index is 1.84. The van der Waals surface area contributed by atoms with Crippen LogP contribution < -0.4 is 10.6 Å². The molecule has 2 rings (SSSR count). The Labute approximate surface area is 136 Å². The van der Waals surface area contributed by atoms with Crippen LogP contribution in [0.3, 0.4) is 0 Å². The van der Waals surface area contributed by atoms with Gasteiger partial charge in [-0.05, 0) is 23.3 Å². The van der Waals surface area contributed by atoms with Gasteiger partial charge in [0.25, 0.3) is 0 Å². The van der Waals surface area contributed by atoms with E-state index in [0.29, 0.717) is 19.0 Å². The van der Waals surface area contributed by atoms with E-state index in [0.717, 1.165) is 16.9 Å². The first-order chi connectivity index (χ1) is 11.0. The SMILES string of the molecule is CN=C(NCc1ccc(CS(C)(=O)=O)cc1)NCc1ccco1. The van der Waals surface area contributed by atoms with Crippen molar-refractivity contribution in [2.24, 2.45) is 4.99 Å². The van der Waals surface area contributed by atoms with Crippen molar-refractivity contribution in [1.29, 1.82) is 0 Å². The minimum absolute atomic E-state index is 0.0626. The van der Waals surface area contributed by atoms with Gasteiger partial charge in [0.2, 0.25) is 0 Å². The van der Waals surface area contributed by atoms with Crippen LogP contribution in [0.5, 0.6) is 0 Å². The molecule has 0 spiro atoms. The van der Waals surface area contributed by atoms with Gasteiger partial charge in [-0.15, -0.1) is 0 Å². The number of furan rings is 1. The molecular formula is C16H21N3O3S. The van der Waals surface area contributed by atoms with Crippen molar-refractivity contribution in [3.63, 3.8) is 0 Å². The lowest BCUT2D eigenvalue weighted by Gasteiger charge is -2.11. The van der Waals surface area contributed by atoms with E-state index < -0.39 is 9.84 Å². The van der Waals surface area contributed by atoms with Gasteiger partial charge in [0, 0.05) is 19.8 Å². The van der Waals surface area contributed by atoms with E-state index in [4.69, 9.17) is 4.42 Å². The third kappa shape index (κ3) is 6.15. The van der Waals surface area contributed by atoms with Crippen molar-refractivity contribution in [3.8, 4) is 0 Å². The number of aliphatic imine (C=N–C) groups is 1. The number of benzene rings is 1. The van der Waals surface area contributed by atoms with Crippen LogP contribution in [0.2, 0.25) is 0 Å². The standard InChI is InChI=1S/C16H21N3O3S/c1-17-16(19-11-15-4-3-9-22-15)18-10-13-5-7-14(8-6-13)12-23(2,20)21/h3-9H,10-12H2,1-2H3,(H2,17,18,19). The molecule has 0 fully saturated rings.